The average Bonchev–Trinajstić information content (AvgIpc) is 3.22. The van der Waals surface area contributed by atoms with Crippen LogP contribution in [0.2, 0.25) is 0 Å². The maximum atomic E-state index is 12.5. The molecule has 1 amide bonds. The molecule has 0 aromatic heterocycles. The van der Waals surface area contributed by atoms with Gasteiger partial charge in [-0.2, -0.15) is 0 Å². The number of carbonyl (C=O) groups is 1. The Morgan fingerprint density at radius 3 is 2.61 bits per heavy atom. The van der Waals surface area contributed by atoms with Crippen LogP contribution in [0.25, 0.3) is 0 Å². The predicted molar refractivity (Wildman–Crippen MR) is 157 cm³/mol. The summed E-state index contributed by atoms with van der Waals surface area (Å²) in [5.74, 6) is 4.41. The van der Waals surface area contributed by atoms with Crippen molar-refractivity contribution in [1.29, 1.82) is 0 Å². The molecule has 3 saturated carbocycles. The molecule has 3 fully saturated rings. The van der Waals surface area contributed by atoms with Crippen LogP contribution in [0, 0.1) is 40.4 Å². The molecule has 0 aliphatic heterocycles. The summed E-state index contributed by atoms with van der Waals surface area (Å²) in [5, 5.41) is 2.99. The maximum Gasteiger partial charge on any atom is 0.407 e. The fourth-order valence-electron chi connectivity index (χ4n) is 9.36. The molecule has 4 aliphatic rings. The number of hydrogen-bond donors (Lipinski definition) is 1. The Hall–Kier alpha value is -1.03. The lowest BCUT2D eigenvalue weighted by Gasteiger charge is -2.58. The van der Waals surface area contributed by atoms with E-state index in [9.17, 15) is 4.79 Å². The number of nitrogens with one attached hydrogen (secondary N) is 1. The Kier molecular flexibility index (Phi) is 10.7. The zero-order valence-corrected chi connectivity index (χ0v) is 25.5. The Morgan fingerprint density at radius 1 is 1.00 bits per heavy atom. The lowest BCUT2D eigenvalue weighted by molar-refractivity contribution is -0.0519. The van der Waals surface area contributed by atoms with Gasteiger partial charge < -0.3 is 14.8 Å². The van der Waals surface area contributed by atoms with Gasteiger partial charge in [0.15, 0.2) is 0 Å². The summed E-state index contributed by atoms with van der Waals surface area (Å²) >= 11 is 0. The van der Waals surface area contributed by atoms with E-state index in [1.54, 1.807) is 12.7 Å². The highest BCUT2D eigenvalue weighted by atomic mass is 16.6. The van der Waals surface area contributed by atoms with E-state index in [2.05, 4.69) is 39.1 Å². The molecule has 0 radical (unpaired) electrons. The van der Waals surface area contributed by atoms with Gasteiger partial charge >= 0.3 is 6.09 Å². The third-order valence-electron chi connectivity index (χ3n) is 11.7. The molecule has 0 saturated heterocycles. The second-order valence-corrected chi connectivity index (χ2v) is 14.4. The van der Waals surface area contributed by atoms with Gasteiger partial charge in [-0.25, -0.2) is 4.79 Å². The molecule has 218 valence electrons. The van der Waals surface area contributed by atoms with Crippen molar-refractivity contribution in [2.24, 2.45) is 40.4 Å². The standard InChI is InChI=1S/C34H59NO3/c1-25(2)12-8-9-13-26-15-17-30-29-16-14-27-24-28(38-32(36)35-22-10-6-7-11-23-37-5)18-20-34(27,4)31(29)19-21-33(26,30)3/h14,25-26,28-31H,6-13,15-24H2,1-5H3,(H,35,36). The molecule has 38 heavy (non-hydrogen) atoms. The fourth-order valence-corrected chi connectivity index (χ4v) is 9.36. The highest BCUT2D eigenvalue weighted by Gasteiger charge is 2.58. The van der Waals surface area contributed by atoms with Crippen LogP contribution in [0.15, 0.2) is 11.6 Å². The van der Waals surface area contributed by atoms with Crippen LogP contribution in [-0.2, 0) is 9.47 Å². The number of fused-ring (bicyclic) bond motifs is 5. The molecule has 0 heterocycles. The van der Waals surface area contributed by atoms with Gasteiger partial charge in [0.05, 0.1) is 0 Å². The van der Waals surface area contributed by atoms with Gasteiger partial charge in [-0.15, -0.1) is 0 Å². The largest absolute Gasteiger partial charge is 0.446 e. The van der Waals surface area contributed by atoms with Crippen molar-refractivity contribution in [3.05, 3.63) is 11.6 Å². The summed E-state index contributed by atoms with van der Waals surface area (Å²) in [4.78, 5) is 12.5. The number of methoxy groups -OCH3 is 1. The quantitative estimate of drug-likeness (QED) is 0.191. The van der Waals surface area contributed by atoms with Crippen molar-refractivity contribution in [3.8, 4) is 0 Å². The summed E-state index contributed by atoms with van der Waals surface area (Å²) in [5.41, 5.74) is 2.49. The molecule has 1 N–H and O–H groups in total. The van der Waals surface area contributed by atoms with Crippen LogP contribution in [0.1, 0.15) is 130 Å². The van der Waals surface area contributed by atoms with Crippen LogP contribution < -0.4 is 5.32 Å². The minimum atomic E-state index is -0.219. The Morgan fingerprint density at radius 2 is 1.82 bits per heavy atom. The van der Waals surface area contributed by atoms with Crippen molar-refractivity contribution >= 4 is 6.09 Å². The summed E-state index contributed by atoms with van der Waals surface area (Å²) in [7, 11) is 1.75. The van der Waals surface area contributed by atoms with Gasteiger partial charge in [-0.3, -0.25) is 0 Å². The van der Waals surface area contributed by atoms with Gasteiger partial charge in [0.2, 0.25) is 0 Å². The number of carbonyl (C=O) groups excluding carboxylic acids is 1. The van der Waals surface area contributed by atoms with Crippen LogP contribution >= 0.6 is 0 Å². The zero-order valence-electron chi connectivity index (χ0n) is 25.5. The molecule has 0 aromatic carbocycles. The van der Waals surface area contributed by atoms with Crippen molar-refractivity contribution in [1.82, 2.24) is 5.32 Å². The maximum absolute atomic E-state index is 12.5. The molecule has 4 rings (SSSR count). The highest BCUT2D eigenvalue weighted by Crippen LogP contribution is 2.66. The lowest BCUT2D eigenvalue weighted by atomic mass is 9.47. The zero-order chi connectivity index (χ0) is 27.2. The molecule has 0 aromatic rings. The van der Waals surface area contributed by atoms with Crippen LogP contribution in [0.3, 0.4) is 0 Å². The van der Waals surface area contributed by atoms with E-state index >= 15 is 0 Å². The number of alkyl carbamates (subject to hydrolysis) is 1. The Bertz CT molecular complexity index is 793. The molecule has 7 atom stereocenters. The number of unbranched alkanes of at least 4 members (excludes halogenated alkanes) is 4. The minimum Gasteiger partial charge on any atom is -0.446 e. The van der Waals surface area contributed by atoms with Gasteiger partial charge in [-0.1, -0.05) is 71.4 Å². The molecule has 4 nitrogen and oxygen atoms in total. The molecule has 4 aliphatic carbocycles. The molecule has 0 bridgehead atoms. The molecule has 0 spiro atoms. The predicted octanol–water partition coefficient (Wildman–Crippen LogP) is 9.08. The van der Waals surface area contributed by atoms with Crippen LogP contribution in [0.5, 0.6) is 0 Å². The molecular formula is C34H59NO3. The lowest BCUT2D eigenvalue weighted by Crippen LogP contribution is -2.50. The smallest absolute Gasteiger partial charge is 0.407 e. The number of allylic oxidation sites excluding steroid dienone is 1. The third-order valence-corrected chi connectivity index (χ3v) is 11.7. The first-order valence-electron chi connectivity index (χ1n) is 16.4. The number of ether oxygens (including phenoxy) is 2. The van der Waals surface area contributed by atoms with Crippen LogP contribution in [0.4, 0.5) is 4.79 Å². The third kappa shape index (κ3) is 6.81. The monoisotopic (exact) mass is 529 g/mol. The number of hydrogen-bond acceptors (Lipinski definition) is 3. The normalized spacial score (nSPS) is 36.3. The van der Waals surface area contributed by atoms with Crippen molar-refractivity contribution in [2.75, 3.05) is 20.3 Å². The van der Waals surface area contributed by atoms with Crippen molar-refractivity contribution in [3.63, 3.8) is 0 Å². The van der Waals surface area contributed by atoms with E-state index in [4.69, 9.17) is 9.47 Å². The summed E-state index contributed by atoms with van der Waals surface area (Å²) in [6, 6.07) is 0. The van der Waals surface area contributed by atoms with E-state index in [0.717, 1.165) is 74.7 Å². The molecular weight excluding hydrogens is 470 g/mol. The molecule has 7 unspecified atom stereocenters. The first-order valence-corrected chi connectivity index (χ1v) is 16.4. The topological polar surface area (TPSA) is 47.6 Å². The molecule has 4 heteroatoms. The number of rotatable bonds is 13. The SMILES string of the molecule is COCCCCCCNC(=O)OC1CCC2(C)C(=CCC3C2CCC2(C)C(CCCCC(C)C)CCC32)C1. The average molecular weight is 530 g/mol. The van der Waals surface area contributed by atoms with Gasteiger partial charge in [-0.05, 0) is 105 Å². The summed E-state index contributed by atoms with van der Waals surface area (Å²) in [6.45, 7) is 11.5. The number of amides is 1. The Balaban J connectivity index is 1.26. The van der Waals surface area contributed by atoms with E-state index in [1.807, 2.05) is 0 Å². The van der Waals surface area contributed by atoms with Gasteiger partial charge in [0, 0.05) is 26.7 Å². The van der Waals surface area contributed by atoms with Crippen molar-refractivity contribution in [2.45, 2.75) is 137 Å². The Labute approximate surface area is 234 Å². The minimum absolute atomic E-state index is 0.0446. The highest BCUT2D eigenvalue weighted by molar-refractivity contribution is 5.67. The summed E-state index contributed by atoms with van der Waals surface area (Å²) < 4.78 is 11.0. The second kappa shape index (κ2) is 13.6. The van der Waals surface area contributed by atoms with Crippen LogP contribution in [-0.4, -0.2) is 32.5 Å². The second-order valence-electron chi connectivity index (χ2n) is 14.4. The van der Waals surface area contributed by atoms with Gasteiger partial charge in [0.25, 0.3) is 0 Å². The van der Waals surface area contributed by atoms with E-state index in [1.165, 1.54) is 64.2 Å². The van der Waals surface area contributed by atoms with Crippen molar-refractivity contribution < 1.29 is 14.3 Å². The fraction of sp³-hybridized carbons (Fsp3) is 0.912. The first-order chi connectivity index (χ1) is 18.3. The first kappa shape index (κ1) is 29.9. The van der Waals surface area contributed by atoms with E-state index in [-0.39, 0.29) is 12.2 Å². The van der Waals surface area contributed by atoms with E-state index < -0.39 is 0 Å². The van der Waals surface area contributed by atoms with E-state index in [0.29, 0.717) is 17.4 Å². The summed E-state index contributed by atoms with van der Waals surface area (Å²) in [6.07, 6.45) is 22.7. The van der Waals surface area contributed by atoms with Gasteiger partial charge in [0.1, 0.15) is 6.10 Å².